The van der Waals surface area contributed by atoms with Crippen molar-refractivity contribution in [1.82, 2.24) is 15.1 Å². The van der Waals surface area contributed by atoms with Crippen molar-refractivity contribution in [2.45, 2.75) is 12.5 Å². The first kappa shape index (κ1) is 11.6. The lowest BCUT2D eigenvalue weighted by Gasteiger charge is -2.31. The maximum Gasteiger partial charge on any atom is 0.306 e. The Balaban J connectivity index is 1.97. The number of rotatable bonds is 3. The highest BCUT2D eigenvalue weighted by Crippen LogP contribution is 2.11. The van der Waals surface area contributed by atoms with Crippen LogP contribution in [0.25, 0.3) is 0 Å². The van der Waals surface area contributed by atoms with Crippen LogP contribution in [0.4, 0.5) is 0 Å². The van der Waals surface area contributed by atoms with E-state index in [9.17, 15) is 9.59 Å². The second kappa shape index (κ2) is 4.96. The summed E-state index contributed by atoms with van der Waals surface area (Å²) >= 11 is 0. The van der Waals surface area contributed by atoms with Crippen LogP contribution in [0.15, 0.2) is 12.3 Å². The monoisotopic (exact) mass is 239 g/mol. The maximum atomic E-state index is 11.9. The number of ether oxygens (including phenoxy) is 1. The minimum absolute atomic E-state index is 0.0905. The van der Waals surface area contributed by atoms with Crippen LogP contribution in [0.5, 0.6) is 0 Å². The van der Waals surface area contributed by atoms with Gasteiger partial charge in [0.05, 0.1) is 19.1 Å². The quantitative estimate of drug-likeness (QED) is 0.756. The van der Waals surface area contributed by atoms with Gasteiger partial charge in [0.2, 0.25) is 0 Å². The molecule has 0 aromatic carbocycles. The number of morpholine rings is 1. The van der Waals surface area contributed by atoms with Crippen molar-refractivity contribution in [3.05, 3.63) is 18.0 Å². The molecule has 2 rings (SSSR count). The number of aromatic nitrogens is 2. The smallest absolute Gasteiger partial charge is 0.306 e. The minimum Gasteiger partial charge on any atom is -0.481 e. The van der Waals surface area contributed by atoms with E-state index in [1.54, 1.807) is 11.0 Å². The number of aromatic amines is 1. The summed E-state index contributed by atoms with van der Waals surface area (Å²) in [6.45, 7) is 1.12. The molecular weight excluding hydrogens is 226 g/mol. The standard InChI is InChI=1S/C10H13N3O4/c14-9(15)5-7-6-13(3-4-17-7)10(16)8-1-2-11-12-8/h1-2,7H,3-6H2,(H,11,12)(H,14,15). The molecule has 17 heavy (non-hydrogen) atoms. The molecule has 1 amide bonds. The van der Waals surface area contributed by atoms with Crippen LogP contribution in [-0.4, -0.2) is 57.9 Å². The molecule has 0 spiro atoms. The number of amides is 1. The Morgan fingerprint density at radius 2 is 2.47 bits per heavy atom. The zero-order valence-corrected chi connectivity index (χ0v) is 9.13. The molecule has 1 aliphatic rings. The van der Waals surface area contributed by atoms with E-state index in [-0.39, 0.29) is 12.3 Å². The van der Waals surface area contributed by atoms with Gasteiger partial charge in [-0.15, -0.1) is 0 Å². The Morgan fingerprint density at radius 3 is 3.12 bits per heavy atom. The summed E-state index contributed by atoms with van der Waals surface area (Å²) in [6.07, 6.45) is 0.975. The number of nitrogens with zero attached hydrogens (tertiary/aromatic N) is 2. The lowest BCUT2D eigenvalue weighted by molar-refractivity contribution is -0.141. The lowest BCUT2D eigenvalue weighted by Crippen LogP contribution is -2.46. The summed E-state index contributed by atoms with van der Waals surface area (Å²) in [5.41, 5.74) is 0.404. The summed E-state index contributed by atoms with van der Waals surface area (Å²) in [4.78, 5) is 24.1. The first-order chi connectivity index (χ1) is 8.16. The molecule has 7 heteroatoms. The first-order valence-corrected chi connectivity index (χ1v) is 5.29. The molecule has 1 saturated heterocycles. The molecule has 1 aromatic heterocycles. The fourth-order valence-electron chi connectivity index (χ4n) is 1.77. The molecule has 0 radical (unpaired) electrons. The van der Waals surface area contributed by atoms with Crippen molar-refractivity contribution in [3.63, 3.8) is 0 Å². The number of H-pyrrole nitrogens is 1. The van der Waals surface area contributed by atoms with Crippen LogP contribution in [0, 0.1) is 0 Å². The van der Waals surface area contributed by atoms with E-state index in [1.807, 2.05) is 0 Å². The largest absolute Gasteiger partial charge is 0.481 e. The summed E-state index contributed by atoms with van der Waals surface area (Å²) in [5, 5.41) is 15.0. The van der Waals surface area contributed by atoms with Crippen LogP contribution in [-0.2, 0) is 9.53 Å². The Kier molecular flexibility index (Phi) is 3.38. The Hall–Kier alpha value is -1.89. The van der Waals surface area contributed by atoms with Crippen molar-refractivity contribution in [2.24, 2.45) is 0 Å². The van der Waals surface area contributed by atoms with Crippen molar-refractivity contribution in [2.75, 3.05) is 19.7 Å². The van der Waals surface area contributed by atoms with Crippen molar-refractivity contribution in [3.8, 4) is 0 Å². The second-order valence-electron chi connectivity index (χ2n) is 3.81. The molecule has 1 fully saturated rings. The molecule has 2 N–H and O–H groups in total. The van der Waals surface area contributed by atoms with Crippen LogP contribution in [0.1, 0.15) is 16.9 Å². The number of nitrogens with one attached hydrogen (secondary N) is 1. The van der Waals surface area contributed by atoms with Gasteiger partial charge in [-0.1, -0.05) is 0 Å². The maximum absolute atomic E-state index is 11.9. The van der Waals surface area contributed by atoms with Gasteiger partial charge in [-0.2, -0.15) is 5.10 Å². The third-order valence-electron chi connectivity index (χ3n) is 2.56. The number of carboxylic acids is 1. The van der Waals surface area contributed by atoms with Crippen molar-refractivity contribution in [1.29, 1.82) is 0 Å². The highest BCUT2D eigenvalue weighted by atomic mass is 16.5. The van der Waals surface area contributed by atoms with Gasteiger partial charge in [-0.3, -0.25) is 14.7 Å². The number of hydrogen-bond acceptors (Lipinski definition) is 4. The van der Waals surface area contributed by atoms with Gasteiger partial charge in [0, 0.05) is 19.3 Å². The molecule has 1 unspecified atom stereocenters. The Morgan fingerprint density at radius 1 is 1.65 bits per heavy atom. The highest BCUT2D eigenvalue weighted by molar-refractivity contribution is 5.92. The Bertz CT molecular complexity index is 404. The van der Waals surface area contributed by atoms with E-state index < -0.39 is 12.1 Å². The fourth-order valence-corrected chi connectivity index (χ4v) is 1.77. The van der Waals surface area contributed by atoms with Crippen molar-refractivity contribution < 1.29 is 19.4 Å². The Labute approximate surface area is 97.4 Å². The fraction of sp³-hybridized carbons (Fsp3) is 0.500. The van der Waals surface area contributed by atoms with Crippen LogP contribution in [0.2, 0.25) is 0 Å². The highest BCUT2D eigenvalue weighted by Gasteiger charge is 2.26. The van der Waals surface area contributed by atoms with Crippen LogP contribution < -0.4 is 0 Å². The topological polar surface area (TPSA) is 95.5 Å². The number of carbonyl (C=O) groups excluding carboxylic acids is 1. The molecule has 1 aromatic rings. The van der Waals surface area contributed by atoms with Gasteiger partial charge < -0.3 is 14.7 Å². The molecular formula is C10H13N3O4. The van der Waals surface area contributed by atoms with E-state index in [2.05, 4.69) is 10.2 Å². The van der Waals surface area contributed by atoms with E-state index in [4.69, 9.17) is 9.84 Å². The van der Waals surface area contributed by atoms with Crippen molar-refractivity contribution >= 4 is 11.9 Å². The molecule has 0 saturated carbocycles. The molecule has 1 aliphatic heterocycles. The van der Waals surface area contributed by atoms with Gasteiger partial charge in [0.1, 0.15) is 5.69 Å². The zero-order valence-electron chi connectivity index (χ0n) is 9.13. The second-order valence-corrected chi connectivity index (χ2v) is 3.81. The predicted octanol–water partition coefficient (Wildman–Crippen LogP) is -0.275. The van der Waals surface area contributed by atoms with Crippen LogP contribution >= 0.6 is 0 Å². The number of hydrogen-bond donors (Lipinski definition) is 2. The third-order valence-corrected chi connectivity index (χ3v) is 2.56. The summed E-state index contributed by atoms with van der Waals surface area (Å²) in [7, 11) is 0. The molecule has 92 valence electrons. The first-order valence-electron chi connectivity index (χ1n) is 5.29. The van der Waals surface area contributed by atoms with E-state index >= 15 is 0 Å². The number of aliphatic carboxylic acids is 1. The third kappa shape index (κ3) is 2.82. The van der Waals surface area contributed by atoms with E-state index in [0.29, 0.717) is 25.4 Å². The van der Waals surface area contributed by atoms with Crippen LogP contribution in [0.3, 0.4) is 0 Å². The zero-order chi connectivity index (χ0) is 12.3. The number of carboxylic acid groups (broad SMARTS) is 1. The van der Waals surface area contributed by atoms with Gasteiger partial charge in [-0.05, 0) is 6.07 Å². The summed E-state index contributed by atoms with van der Waals surface area (Å²) in [5.74, 6) is -1.10. The predicted molar refractivity (Wildman–Crippen MR) is 56.5 cm³/mol. The van der Waals surface area contributed by atoms with Gasteiger partial charge >= 0.3 is 5.97 Å². The average molecular weight is 239 g/mol. The SMILES string of the molecule is O=C(O)CC1CN(C(=O)c2ccn[nH]2)CCO1. The molecule has 1 atom stereocenters. The minimum atomic E-state index is -0.925. The number of carbonyl (C=O) groups is 2. The van der Waals surface area contributed by atoms with Gasteiger partial charge in [0.25, 0.3) is 5.91 Å². The molecule has 2 heterocycles. The van der Waals surface area contributed by atoms with E-state index in [1.165, 1.54) is 6.20 Å². The lowest BCUT2D eigenvalue weighted by atomic mass is 10.2. The normalized spacial score (nSPS) is 20.2. The molecule has 0 bridgehead atoms. The average Bonchev–Trinajstić information content (AvgIpc) is 2.81. The van der Waals surface area contributed by atoms with Gasteiger partial charge in [-0.25, -0.2) is 0 Å². The summed E-state index contributed by atoms with van der Waals surface area (Å²) in [6, 6.07) is 1.59. The summed E-state index contributed by atoms with van der Waals surface area (Å²) < 4.78 is 5.29. The van der Waals surface area contributed by atoms with E-state index in [0.717, 1.165) is 0 Å². The molecule has 7 nitrogen and oxygen atoms in total. The van der Waals surface area contributed by atoms with Gasteiger partial charge in [0.15, 0.2) is 0 Å². The molecule has 0 aliphatic carbocycles.